The highest BCUT2D eigenvalue weighted by Crippen LogP contribution is 2.36. The summed E-state index contributed by atoms with van der Waals surface area (Å²) in [5.74, 6) is 0. The third-order valence-electron chi connectivity index (χ3n) is 4.26. The van der Waals surface area contributed by atoms with Crippen molar-refractivity contribution in [3.63, 3.8) is 0 Å². The van der Waals surface area contributed by atoms with Gasteiger partial charge in [0.1, 0.15) is 11.6 Å². The van der Waals surface area contributed by atoms with Crippen molar-refractivity contribution in [1.29, 1.82) is 0 Å². The summed E-state index contributed by atoms with van der Waals surface area (Å²) < 4.78 is 17.2. The Labute approximate surface area is 113 Å². The van der Waals surface area contributed by atoms with Crippen LogP contribution in [0, 0.1) is 6.92 Å². The van der Waals surface area contributed by atoms with Crippen molar-refractivity contribution in [2.45, 2.75) is 51.9 Å². The molecule has 2 aliphatic heterocycles. The topological polar surface area (TPSA) is 58.4 Å². The molecule has 1 aromatic rings. The molecule has 19 heavy (non-hydrogen) atoms. The van der Waals surface area contributed by atoms with Gasteiger partial charge in [0.05, 0.1) is 30.1 Å². The minimum Gasteiger partial charge on any atom is -0.398 e. The van der Waals surface area contributed by atoms with E-state index in [1.807, 2.05) is 34.6 Å². The monoisotopic (exact) mass is 265 g/mol. The van der Waals surface area contributed by atoms with Crippen LogP contribution in [0.1, 0.15) is 39.4 Å². The summed E-state index contributed by atoms with van der Waals surface area (Å²) in [6.07, 6.45) is 0. The van der Waals surface area contributed by atoms with E-state index in [-0.39, 0.29) is 17.2 Å². The van der Waals surface area contributed by atoms with Crippen molar-refractivity contribution in [3.8, 4) is 0 Å². The molecular weight excluding hydrogens is 245 g/mol. The number of hydrogen-bond acceptors (Lipinski definition) is 5. The lowest BCUT2D eigenvalue weighted by atomic mass is 9.83. The van der Waals surface area contributed by atoms with E-state index in [9.17, 15) is 0 Å². The molecule has 2 fully saturated rings. The SMILES string of the molecule is Cc1nn(C2COC2)nc1B1OC(C)(C)C(C)(C)O1. The summed E-state index contributed by atoms with van der Waals surface area (Å²) in [4.78, 5) is 1.72. The summed E-state index contributed by atoms with van der Waals surface area (Å²) in [5.41, 5.74) is 0.914. The van der Waals surface area contributed by atoms with Gasteiger partial charge in [-0.05, 0) is 34.6 Å². The van der Waals surface area contributed by atoms with Crippen molar-refractivity contribution in [1.82, 2.24) is 15.0 Å². The van der Waals surface area contributed by atoms with Crippen LogP contribution in [0.25, 0.3) is 0 Å². The molecule has 7 heteroatoms. The van der Waals surface area contributed by atoms with Crippen LogP contribution >= 0.6 is 0 Å². The van der Waals surface area contributed by atoms with E-state index in [4.69, 9.17) is 14.0 Å². The second-order valence-electron chi connectivity index (χ2n) is 6.27. The maximum atomic E-state index is 6.01. The van der Waals surface area contributed by atoms with Crippen LogP contribution in [0.5, 0.6) is 0 Å². The lowest BCUT2D eigenvalue weighted by Crippen LogP contribution is -2.41. The fourth-order valence-corrected chi connectivity index (χ4v) is 2.10. The van der Waals surface area contributed by atoms with Crippen LogP contribution in [0.15, 0.2) is 0 Å². The van der Waals surface area contributed by atoms with Gasteiger partial charge in [-0.2, -0.15) is 15.0 Å². The Kier molecular flexibility index (Phi) is 2.78. The molecule has 0 N–H and O–H groups in total. The number of rotatable bonds is 2. The van der Waals surface area contributed by atoms with Gasteiger partial charge in [-0.15, -0.1) is 0 Å². The van der Waals surface area contributed by atoms with Crippen molar-refractivity contribution < 1.29 is 14.0 Å². The first-order valence-electron chi connectivity index (χ1n) is 6.67. The Balaban J connectivity index is 1.85. The predicted molar refractivity (Wildman–Crippen MR) is 70.3 cm³/mol. The molecule has 0 amide bonds. The van der Waals surface area contributed by atoms with Gasteiger partial charge in [0, 0.05) is 0 Å². The third-order valence-corrected chi connectivity index (χ3v) is 4.26. The second-order valence-corrected chi connectivity index (χ2v) is 6.27. The first-order chi connectivity index (χ1) is 8.80. The molecular formula is C12H20BN3O3. The summed E-state index contributed by atoms with van der Waals surface area (Å²) in [7, 11) is -0.445. The molecule has 104 valence electrons. The van der Waals surface area contributed by atoms with Gasteiger partial charge in [0.2, 0.25) is 0 Å². The lowest BCUT2D eigenvalue weighted by molar-refractivity contribution is -0.0348. The molecule has 2 aliphatic rings. The van der Waals surface area contributed by atoms with Crippen molar-refractivity contribution in [2.24, 2.45) is 0 Å². The highest BCUT2D eigenvalue weighted by atomic mass is 16.7. The number of aromatic nitrogens is 3. The zero-order valence-electron chi connectivity index (χ0n) is 12.1. The van der Waals surface area contributed by atoms with Crippen LogP contribution in [-0.4, -0.2) is 46.5 Å². The lowest BCUT2D eigenvalue weighted by Gasteiger charge is -2.32. The minimum atomic E-state index is -0.445. The van der Waals surface area contributed by atoms with Gasteiger partial charge in [-0.3, -0.25) is 0 Å². The average Bonchev–Trinajstić information content (AvgIpc) is 2.63. The first kappa shape index (κ1) is 13.1. The maximum absolute atomic E-state index is 6.01. The largest absolute Gasteiger partial charge is 0.518 e. The van der Waals surface area contributed by atoms with Crippen molar-refractivity contribution >= 4 is 12.7 Å². The van der Waals surface area contributed by atoms with E-state index in [0.29, 0.717) is 13.2 Å². The summed E-state index contributed by atoms with van der Waals surface area (Å²) >= 11 is 0. The summed E-state index contributed by atoms with van der Waals surface area (Å²) in [5, 5.41) is 8.96. The van der Waals surface area contributed by atoms with Crippen LogP contribution < -0.4 is 5.59 Å². The number of ether oxygens (including phenoxy) is 1. The smallest absolute Gasteiger partial charge is 0.398 e. The fourth-order valence-electron chi connectivity index (χ4n) is 2.10. The van der Waals surface area contributed by atoms with Gasteiger partial charge in [0.25, 0.3) is 0 Å². The van der Waals surface area contributed by atoms with E-state index >= 15 is 0 Å². The quantitative estimate of drug-likeness (QED) is 0.727. The van der Waals surface area contributed by atoms with E-state index in [1.165, 1.54) is 0 Å². The molecule has 0 spiro atoms. The molecule has 0 radical (unpaired) electrons. The van der Waals surface area contributed by atoms with Gasteiger partial charge in [-0.25, -0.2) is 0 Å². The van der Waals surface area contributed by atoms with Gasteiger partial charge in [0.15, 0.2) is 0 Å². The van der Waals surface area contributed by atoms with E-state index in [1.54, 1.807) is 4.80 Å². The Morgan fingerprint density at radius 2 is 1.68 bits per heavy atom. The van der Waals surface area contributed by atoms with E-state index in [2.05, 4.69) is 10.2 Å². The Hall–Kier alpha value is -0.915. The first-order valence-corrected chi connectivity index (χ1v) is 6.67. The van der Waals surface area contributed by atoms with Gasteiger partial charge < -0.3 is 14.0 Å². The molecule has 0 unspecified atom stereocenters. The zero-order valence-corrected chi connectivity index (χ0v) is 12.1. The third kappa shape index (κ3) is 2.00. The minimum absolute atomic E-state index is 0.245. The van der Waals surface area contributed by atoms with Crippen molar-refractivity contribution in [2.75, 3.05) is 13.2 Å². The zero-order chi connectivity index (χ0) is 13.8. The Bertz CT molecular complexity index is 480. The highest BCUT2D eigenvalue weighted by Gasteiger charge is 2.53. The molecule has 2 saturated heterocycles. The van der Waals surface area contributed by atoms with E-state index in [0.717, 1.165) is 11.3 Å². The predicted octanol–water partition coefficient (Wildman–Crippen LogP) is 0.457. The molecule has 0 aliphatic carbocycles. The molecule has 6 nitrogen and oxygen atoms in total. The second kappa shape index (κ2) is 4.04. The number of hydrogen-bond donors (Lipinski definition) is 0. The maximum Gasteiger partial charge on any atom is 0.518 e. The Morgan fingerprint density at radius 1 is 1.11 bits per heavy atom. The average molecular weight is 265 g/mol. The van der Waals surface area contributed by atoms with Crippen molar-refractivity contribution in [3.05, 3.63) is 5.69 Å². The van der Waals surface area contributed by atoms with Crippen LogP contribution in [0.2, 0.25) is 0 Å². The normalized spacial score (nSPS) is 25.6. The Morgan fingerprint density at radius 3 is 2.16 bits per heavy atom. The van der Waals surface area contributed by atoms with Crippen LogP contribution in [-0.2, 0) is 14.0 Å². The fraction of sp³-hybridized carbons (Fsp3) is 0.833. The van der Waals surface area contributed by atoms with Gasteiger partial charge in [-0.1, -0.05) is 0 Å². The summed E-state index contributed by atoms with van der Waals surface area (Å²) in [6.45, 7) is 11.4. The number of nitrogens with zero attached hydrogens (tertiary/aromatic N) is 3. The molecule has 3 rings (SSSR count). The molecule has 1 aromatic heterocycles. The standard InChI is InChI=1S/C12H20BN3O3/c1-8-10(15-16(14-8)9-6-17-7-9)13-18-11(2,3)12(4,5)19-13/h9H,6-7H2,1-5H3. The van der Waals surface area contributed by atoms with Gasteiger partial charge >= 0.3 is 7.12 Å². The van der Waals surface area contributed by atoms with Crippen LogP contribution in [0.3, 0.4) is 0 Å². The molecule has 0 atom stereocenters. The summed E-state index contributed by atoms with van der Waals surface area (Å²) in [6, 6.07) is 0.245. The highest BCUT2D eigenvalue weighted by molar-refractivity contribution is 6.61. The van der Waals surface area contributed by atoms with Crippen LogP contribution in [0.4, 0.5) is 0 Å². The number of aryl methyl sites for hydroxylation is 1. The molecule has 3 heterocycles. The molecule has 0 bridgehead atoms. The molecule has 0 aromatic carbocycles. The molecule has 0 saturated carbocycles. The van der Waals surface area contributed by atoms with E-state index < -0.39 is 7.12 Å².